The average molecular weight is 275 g/mol. The van der Waals surface area contributed by atoms with E-state index in [1.165, 1.54) is 7.11 Å². The second-order valence-electron chi connectivity index (χ2n) is 3.82. The number of carbonyl (C=O) groups is 3. The van der Waals surface area contributed by atoms with E-state index >= 15 is 0 Å². The number of amides is 3. The van der Waals surface area contributed by atoms with Crippen molar-refractivity contribution < 1.29 is 24.2 Å². The molecule has 0 aromatic heterocycles. The van der Waals surface area contributed by atoms with Gasteiger partial charge in [0, 0.05) is 20.2 Å². The third kappa shape index (κ3) is 8.83. The van der Waals surface area contributed by atoms with Crippen molar-refractivity contribution in [1.29, 1.82) is 0 Å². The first-order valence-corrected chi connectivity index (χ1v) is 6.01. The Morgan fingerprint density at radius 2 is 1.95 bits per heavy atom. The van der Waals surface area contributed by atoms with Gasteiger partial charge in [-0.3, -0.25) is 9.59 Å². The topological polar surface area (TPSA) is 108 Å². The third-order valence-corrected chi connectivity index (χ3v) is 2.14. The van der Waals surface area contributed by atoms with Crippen LogP contribution in [0.2, 0.25) is 0 Å². The highest BCUT2D eigenvalue weighted by atomic mass is 16.5. The lowest BCUT2D eigenvalue weighted by atomic mass is 10.4. The van der Waals surface area contributed by atoms with Gasteiger partial charge in [-0.25, -0.2) is 4.79 Å². The lowest BCUT2D eigenvalue weighted by Gasteiger charge is -2.20. The summed E-state index contributed by atoms with van der Waals surface area (Å²) in [6, 6.07) is -0.564. The molecule has 0 radical (unpaired) electrons. The van der Waals surface area contributed by atoms with Gasteiger partial charge in [-0.1, -0.05) is 6.92 Å². The van der Waals surface area contributed by atoms with Crippen molar-refractivity contribution >= 4 is 17.9 Å². The SMILES string of the molecule is CCCN(CC(=O)O)C(=O)NCC(=O)NCCOC. The van der Waals surface area contributed by atoms with E-state index in [9.17, 15) is 14.4 Å². The van der Waals surface area contributed by atoms with Gasteiger partial charge < -0.3 is 25.4 Å². The summed E-state index contributed by atoms with van der Waals surface area (Å²) in [6.45, 7) is 2.33. The molecule has 0 heterocycles. The molecular formula is C11H21N3O5. The fourth-order valence-corrected chi connectivity index (χ4v) is 1.31. The van der Waals surface area contributed by atoms with Crippen LogP contribution in [0.1, 0.15) is 13.3 Å². The molecule has 0 atom stereocenters. The van der Waals surface area contributed by atoms with Crippen LogP contribution in [0.4, 0.5) is 4.79 Å². The van der Waals surface area contributed by atoms with Gasteiger partial charge in [-0.15, -0.1) is 0 Å². The molecule has 0 rings (SSSR count). The van der Waals surface area contributed by atoms with Gasteiger partial charge in [0.2, 0.25) is 5.91 Å². The smallest absolute Gasteiger partial charge is 0.323 e. The van der Waals surface area contributed by atoms with E-state index in [1.54, 1.807) is 0 Å². The Bertz CT molecular complexity index is 309. The molecule has 19 heavy (non-hydrogen) atoms. The highest BCUT2D eigenvalue weighted by Gasteiger charge is 2.16. The molecule has 0 saturated carbocycles. The number of nitrogens with one attached hydrogen (secondary N) is 2. The van der Waals surface area contributed by atoms with E-state index in [4.69, 9.17) is 9.84 Å². The standard InChI is InChI=1S/C11H21N3O5/c1-3-5-14(8-10(16)17)11(18)13-7-9(15)12-4-6-19-2/h3-8H2,1-2H3,(H,12,15)(H,13,18)(H,16,17). The van der Waals surface area contributed by atoms with Crippen LogP contribution in [-0.4, -0.2) is 67.8 Å². The van der Waals surface area contributed by atoms with Gasteiger partial charge >= 0.3 is 12.0 Å². The highest BCUT2D eigenvalue weighted by Crippen LogP contribution is 1.92. The van der Waals surface area contributed by atoms with Gasteiger partial charge in [0.1, 0.15) is 6.54 Å². The molecule has 3 N–H and O–H groups in total. The highest BCUT2D eigenvalue weighted by molar-refractivity contribution is 5.85. The van der Waals surface area contributed by atoms with Crippen LogP contribution >= 0.6 is 0 Å². The predicted octanol–water partition coefficient (Wildman–Crippen LogP) is -0.745. The number of nitrogens with zero attached hydrogens (tertiary/aromatic N) is 1. The van der Waals surface area contributed by atoms with E-state index in [0.717, 1.165) is 4.90 Å². The number of ether oxygens (including phenoxy) is 1. The molecule has 0 aromatic carbocycles. The minimum atomic E-state index is -1.09. The second-order valence-corrected chi connectivity index (χ2v) is 3.82. The van der Waals surface area contributed by atoms with Crippen molar-refractivity contribution in [3.05, 3.63) is 0 Å². The largest absolute Gasteiger partial charge is 0.480 e. The molecule has 0 bridgehead atoms. The Kier molecular flexibility index (Phi) is 9.15. The number of urea groups is 1. The molecule has 0 fully saturated rings. The first-order valence-electron chi connectivity index (χ1n) is 6.01. The second kappa shape index (κ2) is 10.1. The maximum Gasteiger partial charge on any atom is 0.323 e. The first-order chi connectivity index (χ1) is 9.01. The Balaban J connectivity index is 4.03. The van der Waals surface area contributed by atoms with Gasteiger partial charge in [-0.2, -0.15) is 0 Å². The molecule has 0 spiro atoms. The number of carbonyl (C=O) groups excluding carboxylic acids is 2. The number of methoxy groups -OCH3 is 1. The summed E-state index contributed by atoms with van der Waals surface area (Å²) in [5, 5.41) is 13.6. The van der Waals surface area contributed by atoms with Crippen LogP contribution in [0, 0.1) is 0 Å². The van der Waals surface area contributed by atoms with E-state index in [0.29, 0.717) is 26.1 Å². The van der Waals surface area contributed by atoms with Crippen LogP contribution < -0.4 is 10.6 Å². The molecule has 0 aliphatic heterocycles. The normalized spacial score (nSPS) is 9.79. The van der Waals surface area contributed by atoms with Crippen molar-refractivity contribution in [3.63, 3.8) is 0 Å². The summed E-state index contributed by atoms with van der Waals surface area (Å²) in [4.78, 5) is 34.7. The van der Waals surface area contributed by atoms with Crippen LogP contribution in [0.5, 0.6) is 0 Å². The van der Waals surface area contributed by atoms with E-state index in [2.05, 4.69) is 10.6 Å². The molecule has 0 unspecified atom stereocenters. The van der Waals surface area contributed by atoms with Crippen molar-refractivity contribution in [2.45, 2.75) is 13.3 Å². The first kappa shape index (κ1) is 17.2. The summed E-state index contributed by atoms with van der Waals surface area (Å²) in [6.07, 6.45) is 0.640. The summed E-state index contributed by atoms with van der Waals surface area (Å²) >= 11 is 0. The fourth-order valence-electron chi connectivity index (χ4n) is 1.31. The number of aliphatic carboxylic acids is 1. The summed E-state index contributed by atoms with van der Waals surface area (Å²) in [5.41, 5.74) is 0. The molecule has 3 amide bonds. The minimum absolute atomic E-state index is 0.192. The van der Waals surface area contributed by atoms with Crippen LogP contribution in [0.25, 0.3) is 0 Å². The van der Waals surface area contributed by atoms with Crippen LogP contribution in [-0.2, 0) is 14.3 Å². The van der Waals surface area contributed by atoms with Crippen molar-refractivity contribution in [3.8, 4) is 0 Å². The number of hydrogen-bond donors (Lipinski definition) is 3. The third-order valence-electron chi connectivity index (χ3n) is 2.14. The van der Waals surface area contributed by atoms with Crippen molar-refractivity contribution in [2.75, 3.05) is 39.9 Å². The van der Waals surface area contributed by atoms with Crippen molar-refractivity contribution in [2.24, 2.45) is 0 Å². The Hall–Kier alpha value is -1.83. The zero-order chi connectivity index (χ0) is 14.7. The Labute approximate surface area is 112 Å². The average Bonchev–Trinajstić information content (AvgIpc) is 2.35. The van der Waals surface area contributed by atoms with E-state index < -0.39 is 12.0 Å². The van der Waals surface area contributed by atoms with Crippen LogP contribution in [0.3, 0.4) is 0 Å². The predicted molar refractivity (Wildman–Crippen MR) is 67.8 cm³/mol. The number of rotatable bonds is 9. The quantitative estimate of drug-likeness (QED) is 0.480. The Morgan fingerprint density at radius 1 is 1.26 bits per heavy atom. The summed E-state index contributed by atoms with van der Waals surface area (Å²) in [7, 11) is 1.52. The summed E-state index contributed by atoms with van der Waals surface area (Å²) < 4.78 is 4.76. The molecule has 0 aliphatic carbocycles. The lowest BCUT2D eigenvalue weighted by molar-refractivity contribution is -0.137. The van der Waals surface area contributed by atoms with Crippen LogP contribution in [0.15, 0.2) is 0 Å². The fraction of sp³-hybridized carbons (Fsp3) is 0.727. The van der Waals surface area contributed by atoms with Gasteiger partial charge in [0.15, 0.2) is 0 Å². The molecule has 0 aromatic rings. The molecule has 0 aliphatic rings. The minimum Gasteiger partial charge on any atom is -0.480 e. The molecule has 8 nitrogen and oxygen atoms in total. The molecular weight excluding hydrogens is 254 g/mol. The summed E-state index contributed by atoms with van der Waals surface area (Å²) in [5.74, 6) is -1.44. The monoisotopic (exact) mass is 275 g/mol. The van der Waals surface area contributed by atoms with Gasteiger partial charge in [0.25, 0.3) is 0 Å². The Morgan fingerprint density at radius 3 is 2.47 bits per heavy atom. The van der Waals surface area contributed by atoms with E-state index in [1.807, 2.05) is 6.92 Å². The molecule has 110 valence electrons. The maximum atomic E-state index is 11.6. The lowest BCUT2D eigenvalue weighted by Crippen LogP contribution is -2.46. The van der Waals surface area contributed by atoms with Gasteiger partial charge in [0.05, 0.1) is 13.2 Å². The van der Waals surface area contributed by atoms with Crippen molar-refractivity contribution in [1.82, 2.24) is 15.5 Å². The number of hydrogen-bond acceptors (Lipinski definition) is 4. The van der Waals surface area contributed by atoms with E-state index in [-0.39, 0.29) is 19.0 Å². The zero-order valence-corrected chi connectivity index (χ0v) is 11.3. The molecule has 8 heteroatoms. The number of carboxylic acid groups (broad SMARTS) is 1. The zero-order valence-electron chi connectivity index (χ0n) is 11.3. The maximum absolute atomic E-state index is 11.6. The number of carboxylic acids is 1. The molecule has 0 saturated heterocycles. The van der Waals surface area contributed by atoms with Gasteiger partial charge in [-0.05, 0) is 6.42 Å².